The van der Waals surface area contributed by atoms with E-state index >= 15 is 0 Å². The topological polar surface area (TPSA) is 54.2 Å². The van der Waals surface area contributed by atoms with E-state index in [-0.39, 0.29) is 6.10 Å². The first kappa shape index (κ1) is 23.5. The van der Waals surface area contributed by atoms with Gasteiger partial charge in [-0.05, 0) is 50.3 Å². The van der Waals surface area contributed by atoms with E-state index in [1.807, 2.05) is 24.3 Å². The highest BCUT2D eigenvalue weighted by Crippen LogP contribution is 2.42. The molecule has 0 spiro atoms. The highest BCUT2D eigenvalue weighted by Gasteiger charge is 2.26. The Balaban J connectivity index is 1.60. The van der Waals surface area contributed by atoms with E-state index in [9.17, 15) is 0 Å². The van der Waals surface area contributed by atoms with E-state index in [0.29, 0.717) is 13.2 Å². The monoisotopic (exact) mass is 474 g/mol. The minimum Gasteiger partial charge on any atom is -0.493 e. The van der Waals surface area contributed by atoms with Gasteiger partial charge in [-0.25, -0.2) is 0 Å². The van der Waals surface area contributed by atoms with Crippen molar-refractivity contribution in [2.45, 2.75) is 51.9 Å². The van der Waals surface area contributed by atoms with Gasteiger partial charge in [0.15, 0.2) is 11.5 Å². The molecule has 6 heteroatoms. The molecular formula is C29H34N2O4. The van der Waals surface area contributed by atoms with Crippen LogP contribution in [-0.4, -0.2) is 38.0 Å². The lowest BCUT2D eigenvalue weighted by Gasteiger charge is -2.28. The molecule has 1 unspecified atom stereocenters. The molecule has 1 saturated heterocycles. The van der Waals surface area contributed by atoms with Crippen molar-refractivity contribution in [2.75, 3.05) is 27.4 Å². The van der Waals surface area contributed by atoms with Gasteiger partial charge in [-0.15, -0.1) is 0 Å². The summed E-state index contributed by atoms with van der Waals surface area (Å²) in [6, 6.07) is 16.5. The van der Waals surface area contributed by atoms with Crippen molar-refractivity contribution < 1.29 is 18.9 Å². The summed E-state index contributed by atoms with van der Waals surface area (Å²) >= 11 is 0. The van der Waals surface area contributed by atoms with Crippen LogP contribution in [0.4, 0.5) is 0 Å². The lowest BCUT2D eigenvalue weighted by molar-refractivity contribution is 0.0219. The van der Waals surface area contributed by atoms with Crippen LogP contribution in [0.15, 0.2) is 53.5 Å². The lowest BCUT2D eigenvalue weighted by atomic mass is 9.93. The third kappa shape index (κ3) is 4.80. The zero-order chi connectivity index (χ0) is 24.2. The Morgan fingerprint density at radius 2 is 1.89 bits per heavy atom. The second-order valence-electron chi connectivity index (χ2n) is 9.17. The predicted octanol–water partition coefficient (Wildman–Crippen LogP) is 5.09. The standard InChI is InChI=1S/C29H34N2O4/c1-20-26(35-19-21-9-5-4-6-10-21)17-27(30-18-22-11-7-8-16-34-22)31-15-14-24-23(28(20)31)12-13-25(32-2)29(24)33-3/h4-6,9-10,12-13,17,22H,7-8,11,14-16,18-19H2,1-3H3/b30-27+. The van der Waals surface area contributed by atoms with Crippen molar-refractivity contribution in [1.29, 1.82) is 0 Å². The third-order valence-corrected chi connectivity index (χ3v) is 6.99. The van der Waals surface area contributed by atoms with Crippen molar-refractivity contribution in [3.8, 4) is 28.5 Å². The molecule has 1 aromatic heterocycles. The van der Waals surface area contributed by atoms with Gasteiger partial charge in [-0.2, -0.15) is 0 Å². The number of rotatable bonds is 7. The molecule has 6 nitrogen and oxygen atoms in total. The quantitative estimate of drug-likeness (QED) is 0.479. The molecule has 0 amide bonds. The molecule has 0 aliphatic carbocycles. The van der Waals surface area contributed by atoms with Crippen molar-refractivity contribution in [3.05, 3.63) is 70.7 Å². The molecule has 0 saturated carbocycles. The van der Waals surface area contributed by atoms with Gasteiger partial charge >= 0.3 is 0 Å². The molecule has 1 fully saturated rings. The summed E-state index contributed by atoms with van der Waals surface area (Å²) in [5, 5.41) is 0. The zero-order valence-corrected chi connectivity index (χ0v) is 20.9. The van der Waals surface area contributed by atoms with Crippen molar-refractivity contribution in [2.24, 2.45) is 4.99 Å². The molecule has 0 bridgehead atoms. The number of hydrogen-bond donors (Lipinski definition) is 0. The molecular weight excluding hydrogens is 440 g/mol. The number of benzene rings is 2. The van der Waals surface area contributed by atoms with Gasteiger partial charge in [0, 0.05) is 35.9 Å². The molecule has 2 aliphatic rings. The van der Waals surface area contributed by atoms with E-state index in [2.05, 4.69) is 35.8 Å². The molecule has 35 heavy (non-hydrogen) atoms. The molecule has 5 rings (SSSR count). The first-order valence-corrected chi connectivity index (χ1v) is 12.5. The highest BCUT2D eigenvalue weighted by atomic mass is 16.5. The SMILES string of the molecule is COc1ccc2c(c1OC)CCn1c-2c(C)c(OCc2ccccc2)c/c1=N\CC1CCCCO1. The van der Waals surface area contributed by atoms with E-state index in [4.69, 9.17) is 23.9 Å². The fraction of sp³-hybridized carbons (Fsp3) is 0.414. The first-order chi connectivity index (χ1) is 17.2. The van der Waals surface area contributed by atoms with Crippen LogP contribution in [0.2, 0.25) is 0 Å². The zero-order valence-electron chi connectivity index (χ0n) is 20.9. The normalized spacial score (nSPS) is 17.5. The number of ether oxygens (including phenoxy) is 4. The molecule has 3 heterocycles. The molecule has 0 N–H and O–H groups in total. The minimum atomic E-state index is 0.190. The van der Waals surface area contributed by atoms with E-state index < -0.39 is 0 Å². The number of methoxy groups -OCH3 is 2. The second-order valence-corrected chi connectivity index (χ2v) is 9.17. The van der Waals surface area contributed by atoms with Gasteiger partial charge in [0.1, 0.15) is 17.8 Å². The van der Waals surface area contributed by atoms with E-state index in [1.54, 1.807) is 14.2 Å². The largest absolute Gasteiger partial charge is 0.493 e. The van der Waals surface area contributed by atoms with Crippen LogP contribution in [0, 0.1) is 6.92 Å². The van der Waals surface area contributed by atoms with Gasteiger partial charge in [0.2, 0.25) is 0 Å². The average molecular weight is 475 g/mol. The van der Waals surface area contributed by atoms with E-state index in [1.165, 1.54) is 6.42 Å². The van der Waals surface area contributed by atoms with E-state index in [0.717, 1.165) is 83.1 Å². The summed E-state index contributed by atoms with van der Waals surface area (Å²) in [5.41, 5.74) is 6.60. The highest BCUT2D eigenvalue weighted by molar-refractivity contribution is 5.75. The van der Waals surface area contributed by atoms with Gasteiger partial charge in [0.05, 0.1) is 32.6 Å². The van der Waals surface area contributed by atoms with Crippen LogP contribution in [0.3, 0.4) is 0 Å². The predicted molar refractivity (Wildman–Crippen MR) is 136 cm³/mol. The Hall–Kier alpha value is -3.25. The maximum absolute atomic E-state index is 6.38. The Labute approximate surface area is 207 Å². The van der Waals surface area contributed by atoms with Crippen molar-refractivity contribution in [1.82, 2.24) is 4.57 Å². The average Bonchev–Trinajstić information content (AvgIpc) is 2.92. The maximum Gasteiger partial charge on any atom is 0.164 e. The number of nitrogens with zero attached hydrogens (tertiary/aromatic N) is 2. The summed E-state index contributed by atoms with van der Waals surface area (Å²) in [7, 11) is 3.39. The van der Waals surface area contributed by atoms with Crippen LogP contribution in [0.25, 0.3) is 11.3 Å². The van der Waals surface area contributed by atoms with Gasteiger partial charge in [0.25, 0.3) is 0 Å². The fourth-order valence-electron chi connectivity index (χ4n) is 5.16. The number of fused-ring (bicyclic) bond motifs is 3. The summed E-state index contributed by atoms with van der Waals surface area (Å²) in [6.45, 7) is 4.95. The Bertz CT molecular complexity index is 1240. The summed E-state index contributed by atoms with van der Waals surface area (Å²) in [4.78, 5) is 5.05. The Morgan fingerprint density at radius 1 is 1.03 bits per heavy atom. The number of pyridine rings is 1. The van der Waals surface area contributed by atoms with Crippen molar-refractivity contribution >= 4 is 0 Å². The van der Waals surface area contributed by atoms with Crippen LogP contribution >= 0.6 is 0 Å². The maximum atomic E-state index is 6.38. The van der Waals surface area contributed by atoms with Crippen LogP contribution in [0.1, 0.15) is 36.0 Å². The fourth-order valence-corrected chi connectivity index (χ4v) is 5.16. The molecule has 3 aromatic rings. The first-order valence-electron chi connectivity index (χ1n) is 12.5. The summed E-state index contributed by atoms with van der Waals surface area (Å²) in [6.07, 6.45) is 4.46. The molecule has 1 atom stereocenters. The third-order valence-electron chi connectivity index (χ3n) is 6.99. The van der Waals surface area contributed by atoms with Crippen LogP contribution in [0.5, 0.6) is 17.2 Å². The number of aromatic nitrogens is 1. The lowest BCUT2D eigenvalue weighted by Crippen LogP contribution is -2.30. The molecule has 184 valence electrons. The molecule has 0 radical (unpaired) electrons. The summed E-state index contributed by atoms with van der Waals surface area (Å²) < 4.78 is 26.0. The smallest absolute Gasteiger partial charge is 0.164 e. The van der Waals surface area contributed by atoms with Crippen LogP contribution in [-0.2, 0) is 24.3 Å². The van der Waals surface area contributed by atoms with Crippen molar-refractivity contribution in [3.63, 3.8) is 0 Å². The van der Waals surface area contributed by atoms with Crippen LogP contribution < -0.4 is 19.7 Å². The van der Waals surface area contributed by atoms with Gasteiger partial charge in [-0.1, -0.05) is 30.3 Å². The van der Waals surface area contributed by atoms with Gasteiger partial charge in [-0.3, -0.25) is 4.99 Å². The molecule has 2 aliphatic heterocycles. The summed E-state index contributed by atoms with van der Waals surface area (Å²) in [5.74, 6) is 2.42. The minimum absolute atomic E-state index is 0.190. The van der Waals surface area contributed by atoms with Gasteiger partial charge < -0.3 is 23.5 Å². The number of hydrogen-bond acceptors (Lipinski definition) is 5. The Morgan fingerprint density at radius 3 is 2.63 bits per heavy atom. The molecule has 2 aromatic carbocycles. The second kappa shape index (κ2) is 10.6. The Kier molecular flexibility index (Phi) is 7.09.